The van der Waals surface area contributed by atoms with Crippen LogP contribution in [0.25, 0.3) is 11.1 Å². The molecule has 12 rings (SSSR count). The minimum absolute atomic E-state index is 0.00548. The largest absolute Gasteiger partial charge is 0.311 e. The van der Waals surface area contributed by atoms with Gasteiger partial charge in [-0.3, -0.25) is 0 Å². The number of fused-ring (bicyclic) bond motifs is 6. The molecule has 0 atom stereocenters. The van der Waals surface area contributed by atoms with Gasteiger partial charge in [-0.15, -0.1) is 0 Å². The number of rotatable bonds is 6. The number of hydrogen-bond acceptors (Lipinski definition) is 3. The van der Waals surface area contributed by atoms with E-state index in [-0.39, 0.29) is 44.6 Å². The van der Waals surface area contributed by atoms with Gasteiger partial charge in [-0.05, 0) is 184 Å². The zero-order valence-electron chi connectivity index (χ0n) is 53.8. The summed E-state index contributed by atoms with van der Waals surface area (Å²) in [7, 11) is 0. The number of nitrogens with zero attached hydrogens (tertiary/aromatic N) is 3. The van der Waals surface area contributed by atoms with Gasteiger partial charge in [0.2, 0.25) is 0 Å². The third-order valence-corrected chi connectivity index (χ3v) is 19.1. The zero-order valence-corrected chi connectivity index (χ0v) is 53.8. The van der Waals surface area contributed by atoms with E-state index >= 15 is 0 Å². The average molecular weight is 1100 g/mol. The summed E-state index contributed by atoms with van der Waals surface area (Å²) in [6.45, 7) is 44.6. The van der Waals surface area contributed by atoms with Crippen molar-refractivity contribution in [2.75, 3.05) is 14.7 Å². The van der Waals surface area contributed by atoms with E-state index < -0.39 is 0 Å². The SMILES string of the molecule is CC(C)(C)c1ccc(N(c2ccc(C(C)(C)C)cc2)c2ccc3c(c2)B2c4cc5c(cc4N(c4ccc(C(C)(C)C)cc4-c4ccccc4)c4cc(C(C)(C)C)cc(c42)N3c2ccc(C(C)(C)C)cc2)C(C)(C)c2ccccc2C5(C)C)cc1. The second kappa shape index (κ2) is 19.5. The van der Waals surface area contributed by atoms with E-state index in [1.165, 1.54) is 106 Å². The standard InChI is InChI=1S/C80H88BN3/c1-74(2,3)52-29-36-57(37-30-52)82(58-38-31-53(32-39-58)75(4,5)6)60-42-44-69-66(48-60)81-67-49-64-65(80(18,19)63-28-24-23-27-62(63)79(64,16)17)50-70(67)84(68-43-35-55(77(10,11)12)45-61(68)51-25-21-20-22-26-51)72-47-56(78(13,14)15)46-71(73(72)81)83(69)59-40-33-54(34-41-59)76(7,8)9/h20-50H,1-19H3. The minimum atomic E-state index is -0.279. The van der Waals surface area contributed by atoms with Crippen molar-refractivity contribution in [3.63, 3.8) is 0 Å². The predicted molar refractivity (Wildman–Crippen MR) is 365 cm³/mol. The highest BCUT2D eigenvalue weighted by Crippen LogP contribution is 2.55. The van der Waals surface area contributed by atoms with Crippen LogP contribution in [0.1, 0.15) is 182 Å². The molecule has 0 bridgehead atoms. The van der Waals surface area contributed by atoms with Crippen LogP contribution < -0.4 is 31.1 Å². The quantitative estimate of drug-likeness (QED) is 0.154. The van der Waals surface area contributed by atoms with Gasteiger partial charge < -0.3 is 14.7 Å². The summed E-state index contributed by atoms with van der Waals surface area (Å²) < 4.78 is 0. The molecule has 0 saturated heterocycles. The van der Waals surface area contributed by atoms with E-state index in [4.69, 9.17) is 0 Å². The Hall–Kier alpha value is -7.56. The molecule has 0 aromatic heterocycles. The van der Waals surface area contributed by atoms with Gasteiger partial charge in [0.1, 0.15) is 0 Å². The number of anilines is 9. The molecule has 0 fully saturated rings. The fourth-order valence-electron chi connectivity index (χ4n) is 13.9. The van der Waals surface area contributed by atoms with Gasteiger partial charge in [0.05, 0.1) is 5.69 Å². The minimum Gasteiger partial charge on any atom is -0.311 e. The molecule has 3 nitrogen and oxygen atoms in total. The Morgan fingerprint density at radius 1 is 0.321 bits per heavy atom. The Morgan fingerprint density at radius 2 is 0.738 bits per heavy atom. The van der Waals surface area contributed by atoms with Crippen molar-refractivity contribution in [3.8, 4) is 11.1 Å². The van der Waals surface area contributed by atoms with Crippen LogP contribution in [0.15, 0.2) is 188 Å². The van der Waals surface area contributed by atoms with Crippen molar-refractivity contribution in [2.24, 2.45) is 0 Å². The Balaban J connectivity index is 1.22. The fraction of sp³-hybridized carbons (Fsp3) is 0.325. The van der Waals surface area contributed by atoms with Crippen molar-refractivity contribution < 1.29 is 0 Å². The van der Waals surface area contributed by atoms with E-state index in [1.807, 2.05) is 0 Å². The van der Waals surface area contributed by atoms with Crippen molar-refractivity contribution >= 4 is 74.3 Å². The van der Waals surface area contributed by atoms with Crippen molar-refractivity contribution in [3.05, 3.63) is 238 Å². The number of benzene rings is 9. The van der Waals surface area contributed by atoms with Gasteiger partial charge in [-0.2, -0.15) is 0 Å². The average Bonchev–Trinajstić information content (AvgIpc) is 0.830. The van der Waals surface area contributed by atoms with E-state index in [9.17, 15) is 0 Å². The fourth-order valence-corrected chi connectivity index (χ4v) is 13.9. The summed E-state index contributed by atoms with van der Waals surface area (Å²) in [5, 5.41) is 0. The Kier molecular flexibility index (Phi) is 13.2. The lowest BCUT2D eigenvalue weighted by molar-refractivity contribution is 0.521. The first-order valence-electron chi connectivity index (χ1n) is 30.9. The van der Waals surface area contributed by atoms with Crippen molar-refractivity contribution in [1.82, 2.24) is 0 Å². The summed E-state index contributed by atoms with van der Waals surface area (Å²) in [6.07, 6.45) is 0. The summed E-state index contributed by atoms with van der Waals surface area (Å²) >= 11 is 0. The normalized spacial score (nSPS) is 15.2. The first-order valence-corrected chi connectivity index (χ1v) is 30.9. The van der Waals surface area contributed by atoms with Gasteiger partial charge in [0.15, 0.2) is 0 Å². The maximum atomic E-state index is 2.70. The Morgan fingerprint density at radius 3 is 1.24 bits per heavy atom. The molecule has 3 aliphatic rings. The van der Waals surface area contributed by atoms with Crippen molar-refractivity contribution in [2.45, 2.75) is 169 Å². The first-order chi connectivity index (χ1) is 39.3. The third-order valence-electron chi connectivity index (χ3n) is 19.1. The van der Waals surface area contributed by atoms with Crippen LogP contribution in [0.5, 0.6) is 0 Å². The molecule has 1 aliphatic carbocycles. The molecule has 0 amide bonds. The molecular formula is C80H88BN3. The smallest absolute Gasteiger partial charge is 0.252 e. The number of hydrogen-bond donors (Lipinski definition) is 0. The third kappa shape index (κ3) is 9.51. The molecule has 4 heteroatoms. The first kappa shape index (κ1) is 56.9. The topological polar surface area (TPSA) is 9.72 Å². The summed E-state index contributed by atoms with van der Waals surface area (Å²) in [4.78, 5) is 7.81. The lowest BCUT2D eigenvalue weighted by atomic mass is 9.33. The second-order valence-electron chi connectivity index (χ2n) is 30.9. The highest BCUT2D eigenvalue weighted by Gasteiger charge is 2.49. The van der Waals surface area contributed by atoms with Crippen LogP contribution in [0, 0.1) is 0 Å². The lowest BCUT2D eigenvalue weighted by Gasteiger charge is -2.48. The molecule has 426 valence electrons. The lowest BCUT2D eigenvalue weighted by Crippen LogP contribution is -2.62. The molecule has 2 aliphatic heterocycles. The van der Waals surface area contributed by atoms with Crippen LogP contribution in [-0.2, 0) is 37.9 Å². The van der Waals surface area contributed by atoms with E-state index in [0.29, 0.717) is 0 Å². The van der Waals surface area contributed by atoms with E-state index in [2.05, 4.69) is 334 Å². The van der Waals surface area contributed by atoms with Gasteiger partial charge in [0.25, 0.3) is 6.71 Å². The molecule has 0 radical (unpaired) electrons. The molecule has 9 aromatic carbocycles. The van der Waals surface area contributed by atoms with Crippen LogP contribution in [0.2, 0.25) is 0 Å². The Labute approximate surface area is 504 Å². The maximum absolute atomic E-state index is 2.70. The van der Waals surface area contributed by atoms with Gasteiger partial charge in [0, 0.05) is 61.9 Å². The van der Waals surface area contributed by atoms with Crippen LogP contribution in [0.4, 0.5) is 51.2 Å². The highest BCUT2D eigenvalue weighted by atomic mass is 15.2. The van der Waals surface area contributed by atoms with Crippen LogP contribution >= 0.6 is 0 Å². The second-order valence-corrected chi connectivity index (χ2v) is 30.9. The molecule has 0 saturated carbocycles. The zero-order chi connectivity index (χ0) is 60.0. The summed E-state index contributed by atoms with van der Waals surface area (Å²) in [5.41, 5.74) is 28.3. The highest BCUT2D eigenvalue weighted by molar-refractivity contribution is 7.00. The van der Waals surface area contributed by atoms with Crippen LogP contribution in [-0.4, -0.2) is 6.71 Å². The summed E-state index contributed by atoms with van der Waals surface area (Å²) in [6, 6.07) is 73.7. The molecule has 2 heterocycles. The van der Waals surface area contributed by atoms with E-state index in [1.54, 1.807) is 0 Å². The van der Waals surface area contributed by atoms with Crippen molar-refractivity contribution in [1.29, 1.82) is 0 Å². The molecule has 0 N–H and O–H groups in total. The monoisotopic (exact) mass is 1100 g/mol. The predicted octanol–water partition coefficient (Wildman–Crippen LogP) is 20.4. The van der Waals surface area contributed by atoms with Gasteiger partial charge >= 0.3 is 0 Å². The maximum Gasteiger partial charge on any atom is 0.252 e. The van der Waals surface area contributed by atoms with E-state index in [0.717, 1.165) is 22.7 Å². The molecule has 84 heavy (non-hydrogen) atoms. The van der Waals surface area contributed by atoms with Gasteiger partial charge in [-0.1, -0.05) is 235 Å². The molecule has 0 unspecified atom stereocenters. The van der Waals surface area contributed by atoms with Crippen LogP contribution in [0.3, 0.4) is 0 Å². The molecule has 9 aromatic rings. The molecular weight excluding hydrogens is 1010 g/mol. The van der Waals surface area contributed by atoms with Gasteiger partial charge in [-0.25, -0.2) is 0 Å². The molecule has 0 spiro atoms. The summed E-state index contributed by atoms with van der Waals surface area (Å²) in [5.74, 6) is 0. The Bertz CT molecular complexity index is 3960.